The summed E-state index contributed by atoms with van der Waals surface area (Å²) in [4.78, 5) is 18.9. The molecule has 0 radical (unpaired) electrons. The lowest BCUT2D eigenvalue weighted by Gasteiger charge is -2.30. The van der Waals surface area contributed by atoms with E-state index in [4.69, 9.17) is 9.66 Å². The van der Waals surface area contributed by atoms with Gasteiger partial charge in [-0.2, -0.15) is 4.98 Å². The van der Waals surface area contributed by atoms with Crippen LogP contribution in [0, 0.1) is 5.82 Å². The molecule has 2 heterocycles. The third-order valence-electron chi connectivity index (χ3n) is 5.50. The molecule has 1 aromatic heterocycles. The van der Waals surface area contributed by atoms with Crippen LogP contribution >= 0.6 is 0 Å². The number of aromatic nitrogens is 2. The molecule has 4 rings (SSSR count). The standard InChI is InChI=1S/C22H24FN5O4S/c23-17-5-1-3-15(13-17)21-26-22(32-27-21)16-4-2-11-28(14-16)12-10-20(29)25-18-6-8-19(9-7-18)33(24,30)31/h1,3,5-9,13,16H,2,4,10-12,14H2,(H,25,29)(H2,24,30,31). The maximum absolute atomic E-state index is 13.5. The number of rotatable bonds is 7. The smallest absolute Gasteiger partial charge is 0.238 e. The van der Waals surface area contributed by atoms with Crippen molar-refractivity contribution < 1.29 is 22.1 Å². The molecule has 0 aliphatic carbocycles. The predicted molar refractivity (Wildman–Crippen MR) is 119 cm³/mol. The van der Waals surface area contributed by atoms with E-state index >= 15 is 0 Å². The molecule has 3 N–H and O–H groups in total. The first-order chi connectivity index (χ1) is 15.8. The molecule has 0 saturated carbocycles. The SMILES string of the molecule is NS(=O)(=O)c1ccc(NC(=O)CCN2CCCC(c3nc(-c4cccc(F)c4)no3)C2)cc1. The molecule has 33 heavy (non-hydrogen) atoms. The highest BCUT2D eigenvalue weighted by atomic mass is 32.2. The van der Waals surface area contributed by atoms with Gasteiger partial charge < -0.3 is 14.7 Å². The summed E-state index contributed by atoms with van der Waals surface area (Å²) in [6.07, 6.45) is 2.10. The van der Waals surface area contributed by atoms with Crippen LogP contribution in [0.5, 0.6) is 0 Å². The van der Waals surface area contributed by atoms with E-state index in [1.807, 2.05) is 0 Å². The maximum atomic E-state index is 13.5. The average Bonchev–Trinajstić information content (AvgIpc) is 3.28. The molecule has 3 aromatic rings. The molecule has 9 nitrogen and oxygen atoms in total. The van der Waals surface area contributed by atoms with Crippen molar-refractivity contribution in [3.8, 4) is 11.4 Å². The zero-order valence-corrected chi connectivity index (χ0v) is 18.6. The van der Waals surface area contributed by atoms with E-state index in [1.54, 1.807) is 12.1 Å². The predicted octanol–water partition coefficient (Wildman–Crippen LogP) is 2.73. The fourth-order valence-electron chi connectivity index (χ4n) is 3.82. The number of carbonyl (C=O) groups excluding carboxylic acids is 1. The van der Waals surface area contributed by atoms with E-state index in [0.29, 0.717) is 36.1 Å². The number of piperidine rings is 1. The van der Waals surface area contributed by atoms with E-state index in [2.05, 4.69) is 20.4 Å². The fourth-order valence-corrected chi connectivity index (χ4v) is 4.33. The number of nitrogens with zero attached hydrogens (tertiary/aromatic N) is 3. The third-order valence-corrected chi connectivity index (χ3v) is 6.43. The second-order valence-corrected chi connectivity index (χ2v) is 9.54. The first-order valence-electron chi connectivity index (χ1n) is 10.5. The van der Waals surface area contributed by atoms with E-state index in [1.165, 1.54) is 36.4 Å². The molecule has 2 aromatic carbocycles. The lowest BCUT2D eigenvalue weighted by atomic mass is 9.98. The number of hydrogen-bond acceptors (Lipinski definition) is 7. The highest BCUT2D eigenvalue weighted by Gasteiger charge is 2.26. The third kappa shape index (κ3) is 6.01. The molecule has 0 bridgehead atoms. The van der Waals surface area contributed by atoms with E-state index in [0.717, 1.165) is 19.4 Å². The summed E-state index contributed by atoms with van der Waals surface area (Å²) >= 11 is 0. The summed E-state index contributed by atoms with van der Waals surface area (Å²) in [5, 5.41) is 11.8. The molecular formula is C22H24FN5O4S. The number of anilines is 1. The fraction of sp³-hybridized carbons (Fsp3) is 0.318. The molecule has 1 unspecified atom stereocenters. The highest BCUT2D eigenvalue weighted by molar-refractivity contribution is 7.89. The van der Waals surface area contributed by atoms with Crippen LogP contribution in [0.2, 0.25) is 0 Å². The van der Waals surface area contributed by atoms with E-state index in [-0.39, 0.29) is 29.0 Å². The maximum Gasteiger partial charge on any atom is 0.238 e. The van der Waals surface area contributed by atoms with Gasteiger partial charge in [-0.05, 0) is 55.8 Å². The van der Waals surface area contributed by atoms with Crippen molar-refractivity contribution in [1.29, 1.82) is 0 Å². The van der Waals surface area contributed by atoms with Crippen LogP contribution in [-0.4, -0.2) is 49.0 Å². The second kappa shape index (κ2) is 9.77. The summed E-state index contributed by atoms with van der Waals surface area (Å²) in [6.45, 7) is 2.10. The van der Waals surface area contributed by atoms with Gasteiger partial charge in [0, 0.05) is 30.8 Å². The van der Waals surface area contributed by atoms with Gasteiger partial charge in [0.25, 0.3) is 0 Å². The quantitative estimate of drug-likeness (QED) is 0.539. The summed E-state index contributed by atoms with van der Waals surface area (Å²) in [6, 6.07) is 11.8. The number of primary sulfonamides is 1. The summed E-state index contributed by atoms with van der Waals surface area (Å²) in [7, 11) is -3.77. The van der Waals surface area contributed by atoms with Crippen LogP contribution in [0.15, 0.2) is 57.9 Å². The molecule has 1 aliphatic rings. The van der Waals surface area contributed by atoms with Gasteiger partial charge in [0.1, 0.15) is 5.82 Å². The number of sulfonamides is 1. The van der Waals surface area contributed by atoms with Crippen LogP contribution in [0.1, 0.15) is 31.1 Å². The number of hydrogen-bond donors (Lipinski definition) is 2. The van der Waals surface area contributed by atoms with Gasteiger partial charge in [0.2, 0.25) is 27.6 Å². The van der Waals surface area contributed by atoms with Crippen molar-refractivity contribution in [2.75, 3.05) is 25.0 Å². The minimum absolute atomic E-state index is 0.0126. The Morgan fingerprint density at radius 2 is 2.03 bits per heavy atom. The van der Waals surface area contributed by atoms with Gasteiger partial charge >= 0.3 is 0 Å². The minimum atomic E-state index is -3.77. The highest BCUT2D eigenvalue weighted by Crippen LogP contribution is 2.28. The Hall–Kier alpha value is -3.15. The van der Waals surface area contributed by atoms with Gasteiger partial charge in [-0.15, -0.1) is 0 Å². The molecule has 0 spiro atoms. The van der Waals surface area contributed by atoms with Crippen molar-refractivity contribution in [2.45, 2.75) is 30.1 Å². The minimum Gasteiger partial charge on any atom is -0.339 e. The molecule has 1 amide bonds. The topological polar surface area (TPSA) is 131 Å². The largest absolute Gasteiger partial charge is 0.339 e. The van der Waals surface area contributed by atoms with Crippen molar-refractivity contribution in [2.24, 2.45) is 5.14 Å². The summed E-state index contributed by atoms with van der Waals surface area (Å²) in [5.41, 5.74) is 1.06. The van der Waals surface area contributed by atoms with Gasteiger partial charge in [-0.3, -0.25) is 4.79 Å². The molecule has 1 atom stereocenters. The van der Waals surface area contributed by atoms with Gasteiger partial charge in [0.05, 0.1) is 10.8 Å². The van der Waals surface area contributed by atoms with Crippen LogP contribution < -0.4 is 10.5 Å². The lowest BCUT2D eigenvalue weighted by molar-refractivity contribution is -0.116. The Morgan fingerprint density at radius 1 is 1.24 bits per heavy atom. The van der Waals surface area contributed by atoms with Gasteiger partial charge in [-0.1, -0.05) is 17.3 Å². The Labute approximate surface area is 190 Å². The number of carbonyl (C=O) groups is 1. The monoisotopic (exact) mass is 473 g/mol. The summed E-state index contributed by atoms with van der Waals surface area (Å²) < 4.78 is 41.5. The molecule has 11 heteroatoms. The Bertz CT molecular complexity index is 1230. The Balaban J connectivity index is 1.30. The molecule has 1 fully saturated rings. The van der Waals surface area contributed by atoms with E-state index < -0.39 is 10.0 Å². The number of halogens is 1. The zero-order valence-electron chi connectivity index (χ0n) is 17.8. The van der Waals surface area contributed by atoms with Crippen LogP contribution in [0.25, 0.3) is 11.4 Å². The molecule has 1 saturated heterocycles. The second-order valence-electron chi connectivity index (χ2n) is 7.97. The first-order valence-corrected chi connectivity index (χ1v) is 12.1. The number of likely N-dealkylation sites (tertiary alicyclic amines) is 1. The Kier molecular flexibility index (Phi) is 6.82. The molecule has 1 aliphatic heterocycles. The first kappa shape index (κ1) is 23.0. The normalized spacial score (nSPS) is 17.1. The van der Waals surface area contributed by atoms with Crippen LogP contribution in [0.3, 0.4) is 0 Å². The van der Waals surface area contributed by atoms with Gasteiger partial charge in [-0.25, -0.2) is 17.9 Å². The Morgan fingerprint density at radius 3 is 2.76 bits per heavy atom. The number of benzene rings is 2. The zero-order chi connectivity index (χ0) is 23.4. The van der Waals surface area contributed by atoms with Crippen molar-refractivity contribution in [3.05, 3.63) is 60.2 Å². The number of amides is 1. The van der Waals surface area contributed by atoms with E-state index in [9.17, 15) is 17.6 Å². The van der Waals surface area contributed by atoms with Crippen molar-refractivity contribution in [1.82, 2.24) is 15.0 Å². The average molecular weight is 474 g/mol. The van der Waals surface area contributed by atoms with Crippen molar-refractivity contribution in [3.63, 3.8) is 0 Å². The summed E-state index contributed by atoms with van der Waals surface area (Å²) in [5.74, 6) is 0.378. The number of nitrogens with one attached hydrogen (secondary N) is 1. The van der Waals surface area contributed by atoms with Crippen LogP contribution in [-0.2, 0) is 14.8 Å². The number of nitrogens with two attached hydrogens (primary N) is 1. The van der Waals surface area contributed by atoms with Gasteiger partial charge in [0.15, 0.2) is 0 Å². The molecular weight excluding hydrogens is 449 g/mol. The van der Waals surface area contributed by atoms with Crippen LogP contribution in [0.4, 0.5) is 10.1 Å². The molecule has 174 valence electrons. The van der Waals surface area contributed by atoms with Crippen molar-refractivity contribution >= 4 is 21.6 Å². The lowest BCUT2D eigenvalue weighted by Crippen LogP contribution is -2.36.